The smallest absolute Gasteiger partial charge is 0.329 e. The number of nitrogens with one attached hydrogen (secondary N) is 13. The number of esters is 1. The molecule has 0 spiro atoms. The van der Waals surface area contributed by atoms with Crippen molar-refractivity contribution in [2.45, 2.75) is 210 Å². The minimum absolute atomic E-state index is 0.00161. The van der Waals surface area contributed by atoms with E-state index in [1.807, 2.05) is 22.8 Å². The highest BCUT2D eigenvalue weighted by molar-refractivity contribution is 6.05. The Bertz CT molecular complexity index is 3950. The largest absolute Gasteiger partial charge is 0.481 e. The number of anilines is 1. The molecule has 1 unspecified atom stereocenters. The van der Waals surface area contributed by atoms with Gasteiger partial charge in [-0.05, 0) is 81.0 Å². The molecule has 23 N–H and O–H groups in total. The van der Waals surface area contributed by atoms with Crippen LogP contribution in [0.4, 0.5) is 5.69 Å². The lowest BCUT2D eigenvalue weighted by Gasteiger charge is -2.30. The number of Topliss-reactive ketones (excluding diaryl/α,β-unsaturated/α-hetero) is 1. The average molecular weight is 1590 g/mol. The molecule has 0 radical (unpaired) electrons. The summed E-state index contributed by atoms with van der Waals surface area (Å²) in [6.45, 7) is 2.72. The van der Waals surface area contributed by atoms with Crippen molar-refractivity contribution in [3.63, 3.8) is 0 Å². The van der Waals surface area contributed by atoms with Gasteiger partial charge in [-0.15, -0.1) is 0 Å². The first-order valence-corrected chi connectivity index (χ1v) is 36.6. The molecule has 1 saturated heterocycles. The number of rotatable bonds is 33. The molecule has 618 valence electrons. The number of nitrogen functional groups attached to an aromatic ring is 1. The van der Waals surface area contributed by atoms with Crippen LogP contribution in [-0.2, 0) is 97.5 Å². The standard InChI is InChI=1S/C73H102N16O24/c1-6-7-8-9-10-11-12-26-55(93)82-47(29-42-21-17-20-41-19-13-14-22-43(41)42)67(106)85-48(31-54(76)92)68(107)86-50(33-60(100)101)69(108)89-62-40(5)113-73(112)51(30-53(91)44-23-15-16-24-45(44)75)87-72(111)61(37(2)28-58(96)97)88-70(109)52(36-90)83-57(95)34-77-65(104)49(32-59(98)99)84-64(103)39(4)79-63(102)38(3)80-66(105)46(25-18-27-74)81-56(94)35-78-71(62)110/h13-17,19-24,37-40,46-52,61-62,90H,6-12,18,25-36,74-75H2,1-5H3,(H2,76,92)(H,77,104)(H,78,110)(H,79,102)(H,80,105)(H,81,94)(H,82,93)(H,83,95)(H,84,103)(H,85,106)(H,86,107)(H,87,111)(H,88,109)(H,89,108)(H,96,97)(H,98,99)(H,100,101)/t37?,38-,39+,40+,46-,47-,48+,49-,50-,51-,52+,61-,62-/m0/s1. The molecular formula is C73H102N16O24. The quantitative estimate of drug-likeness (QED) is 0.0118. The Morgan fingerprint density at radius 3 is 1.70 bits per heavy atom. The van der Waals surface area contributed by atoms with Gasteiger partial charge in [0.15, 0.2) is 5.78 Å². The second-order valence-electron chi connectivity index (χ2n) is 27.1. The second-order valence-corrected chi connectivity index (χ2v) is 27.1. The van der Waals surface area contributed by atoms with Crippen molar-refractivity contribution in [3.05, 3.63) is 77.9 Å². The molecule has 13 atom stereocenters. The van der Waals surface area contributed by atoms with Gasteiger partial charge in [0.1, 0.15) is 72.6 Å². The third-order valence-corrected chi connectivity index (χ3v) is 17.8. The lowest BCUT2D eigenvalue weighted by Crippen LogP contribution is -2.62. The van der Waals surface area contributed by atoms with Crippen LogP contribution in [0.2, 0.25) is 0 Å². The number of benzene rings is 3. The zero-order valence-corrected chi connectivity index (χ0v) is 63.2. The van der Waals surface area contributed by atoms with Gasteiger partial charge in [-0.1, -0.05) is 107 Å². The van der Waals surface area contributed by atoms with E-state index < -0.39 is 243 Å². The molecule has 3 aromatic carbocycles. The lowest BCUT2D eigenvalue weighted by molar-refractivity contribution is -0.156. The number of aliphatic hydroxyl groups is 1. The predicted octanol–water partition coefficient (Wildman–Crippen LogP) is -4.40. The van der Waals surface area contributed by atoms with Gasteiger partial charge in [0.2, 0.25) is 82.7 Å². The van der Waals surface area contributed by atoms with Crippen LogP contribution >= 0.6 is 0 Å². The minimum Gasteiger partial charge on any atom is -0.481 e. The van der Waals surface area contributed by atoms with Crippen LogP contribution in [0.5, 0.6) is 0 Å². The van der Waals surface area contributed by atoms with Crippen molar-refractivity contribution in [1.29, 1.82) is 0 Å². The number of amides is 14. The van der Waals surface area contributed by atoms with E-state index >= 15 is 0 Å². The summed E-state index contributed by atoms with van der Waals surface area (Å²) in [5.41, 5.74) is 17.6. The molecule has 3 aromatic rings. The number of hydrogen-bond acceptors (Lipinski definition) is 23. The van der Waals surface area contributed by atoms with Crippen molar-refractivity contribution in [1.82, 2.24) is 69.1 Å². The van der Waals surface area contributed by atoms with Gasteiger partial charge in [0.05, 0.1) is 45.4 Å². The highest BCUT2D eigenvalue weighted by atomic mass is 16.5. The monoisotopic (exact) mass is 1590 g/mol. The number of ketones is 1. The summed E-state index contributed by atoms with van der Waals surface area (Å²) >= 11 is 0. The fourth-order valence-electron chi connectivity index (χ4n) is 11.7. The fourth-order valence-corrected chi connectivity index (χ4v) is 11.7. The van der Waals surface area contributed by atoms with Crippen molar-refractivity contribution in [3.8, 4) is 0 Å². The Labute approximate surface area is 648 Å². The SMILES string of the molecule is CCCCCCCCCC(=O)N[C@@H](Cc1cccc2ccccc12)C(=O)N[C@H](CC(N)=O)C(=O)N[C@@H](CC(=O)O)C(=O)N[C@@H]1C(=O)NCC(=O)N[C@@H](CCCN)C(=O)N[C@@H](C)C(=O)N[C@H](C)C(=O)N[C@@H](CC(=O)O)C(=O)NCC(=O)N[C@H](CO)C(=O)N[C@@H](C(C)CC(=O)O)C(=O)N[C@@H](CC(=O)c2ccccc2N)C(=O)O[C@@H]1C. The highest BCUT2D eigenvalue weighted by Gasteiger charge is 2.41. The number of aliphatic hydroxyl groups excluding tert-OH is 1. The minimum atomic E-state index is -2.39. The normalized spacial score (nSPS) is 21.4. The Morgan fingerprint density at radius 2 is 1.09 bits per heavy atom. The second kappa shape index (κ2) is 47.1. The first-order chi connectivity index (χ1) is 53.5. The van der Waals surface area contributed by atoms with Gasteiger partial charge in [0, 0.05) is 30.5 Å². The number of carboxylic acids is 3. The summed E-state index contributed by atoms with van der Waals surface area (Å²) in [6.07, 6.45) is -2.06. The summed E-state index contributed by atoms with van der Waals surface area (Å²) in [5.74, 6) is -26.6. The molecular weight excluding hydrogens is 1480 g/mol. The molecule has 1 aliphatic rings. The van der Waals surface area contributed by atoms with E-state index in [0.717, 1.165) is 65.2 Å². The van der Waals surface area contributed by atoms with Crippen LogP contribution in [0.3, 0.4) is 0 Å². The third kappa shape index (κ3) is 32.0. The maximum absolute atomic E-state index is 14.8. The van der Waals surface area contributed by atoms with Crippen LogP contribution in [-0.4, -0.2) is 232 Å². The molecule has 1 fully saturated rings. The third-order valence-electron chi connectivity index (χ3n) is 17.8. The fraction of sp³-hybridized carbons (Fsp3) is 0.521. The predicted molar refractivity (Wildman–Crippen MR) is 399 cm³/mol. The summed E-state index contributed by atoms with van der Waals surface area (Å²) in [4.78, 5) is 260. The van der Waals surface area contributed by atoms with E-state index in [-0.39, 0.29) is 43.5 Å². The molecule has 0 aliphatic carbocycles. The molecule has 113 heavy (non-hydrogen) atoms. The highest BCUT2D eigenvalue weighted by Crippen LogP contribution is 2.22. The zero-order chi connectivity index (χ0) is 84.2. The van der Waals surface area contributed by atoms with E-state index in [4.69, 9.17) is 21.9 Å². The number of cyclic esters (lactones) is 1. The van der Waals surface area contributed by atoms with Crippen LogP contribution in [0.15, 0.2) is 66.7 Å². The number of carbonyl (C=O) groups excluding carboxylic acids is 16. The van der Waals surface area contributed by atoms with Crippen molar-refractivity contribution >= 4 is 129 Å². The summed E-state index contributed by atoms with van der Waals surface area (Å²) in [6, 6.07) is -3.76. The number of carbonyl (C=O) groups is 19. The number of primary amides is 1. The molecule has 14 amide bonds. The molecule has 0 saturated carbocycles. The number of nitrogens with two attached hydrogens (primary N) is 3. The number of fused-ring (bicyclic) bond motifs is 1. The molecule has 0 bridgehead atoms. The van der Waals surface area contributed by atoms with Crippen LogP contribution in [0.1, 0.15) is 147 Å². The topological polar surface area (TPSA) is 649 Å². The summed E-state index contributed by atoms with van der Waals surface area (Å²) < 4.78 is 5.70. The summed E-state index contributed by atoms with van der Waals surface area (Å²) in [5, 5.41) is 70.5. The van der Waals surface area contributed by atoms with Crippen LogP contribution in [0.25, 0.3) is 10.8 Å². The van der Waals surface area contributed by atoms with E-state index in [2.05, 4.69) is 65.4 Å². The van der Waals surface area contributed by atoms with E-state index in [1.165, 1.54) is 24.3 Å². The Hall–Kier alpha value is -12.2. The Kier molecular flexibility index (Phi) is 38.8. The van der Waals surface area contributed by atoms with Gasteiger partial charge in [-0.25, -0.2) is 4.79 Å². The Morgan fingerprint density at radius 1 is 0.540 bits per heavy atom. The maximum atomic E-state index is 14.8. The first-order valence-electron chi connectivity index (χ1n) is 36.6. The van der Waals surface area contributed by atoms with Crippen molar-refractivity contribution < 1.29 is 116 Å². The number of carboxylic acid groups (broad SMARTS) is 3. The molecule has 1 heterocycles. The number of hydrogen-bond donors (Lipinski definition) is 20. The van der Waals surface area contributed by atoms with Gasteiger partial charge >= 0.3 is 23.9 Å². The van der Waals surface area contributed by atoms with Gasteiger partial charge in [0.25, 0.3) is 0 Å². The Balaban J connectivity index is 1.85. The van der Waals surface area contributed by atoms with E-state index in [0.29, 0.717) is 23.8 Å². The van der Waals surface area contributed by atoms with Crippen LogP contribution < -0.4 is 86.3 Å². The van der Waals surface area contributed by atoms with Gasteiger partial charge < -0.3 is 111 Å². The number of unbranched alkanes of at least 4 members (excludes halogenated alkanes) is 6. The van der Waals surface area contributed by atoms with E-state index in [1.54, 1.807) is 30.3 Å². The van der Waals surface area contributed by atoms with Gasteiger partial charge in [-0.3, -0.25) is 86.3 Å². The number of ether oxygens (including phenoxy) is 1. The first kappa shape index (κ1) is 93.2. The van der Waals surface area contributed by atoms with Gasteiger partial charge in [-0.2, -0.15) is 0 Å². The number of aliphatic carboxylic acids is 3. The average Bonchev–Trinajstić information content (AvgIpc) is 0.828. The van der Waals surface area contributed by atoms with E-state index in [9.17, 15) is 112 Å². The molecule has 4 rings (SSSR count). The van der Waals surface area contributed by atoms with Crippen molar-refractivity contribution in [2.75, 3.05) is 32.0 Å². The molecule has 1 aliphatic heterocycles. The summed E-state index contributed by atoms with van der Waals surface area (Å²) in [7, 11) is 0. The van der Waals surface area contributed by atoms with Crippen molar-refractivity contribution in [2.24, 2.45) is 17.4 Å². The molecule has 40 nitrogen and oxygen atoms in total. The molecule has 40 heteroatoms. The molecule has 0 aromatic heterocycles. The van der Waals surface area contributed by atoms with Crippen LogP contribution in [0, 0.1) is 5.92 Å². The maximum Gasteiger partial charge on any atom is 0.329 e. The lowest BCUT2D eigenvalue weighted by atomic mass is 9.96. The number of para-hydroxylation sites is 1. The zero-order valence-electron chi connectivity index (χ0n) is 63.2.